The van der Waals surface area contributed by atoms with Crippen molar-refractivity contribution in [3.63, 3.8) is 0 Å². The predicted octanol–water partition coefficient (Wildman–Crippen LogP) is 4.81. The van der Waals surface area contributed by atoms with E-state index < -0.39 is 0 Å². The fourth-order valence-corrected chi connectivity index (χ4v) is 1.33. The van der Waals surface area contributed by atoms with Crippen LogP contribution in [-0.4, -0.2) is 0 Å². The van der Waals surface area contributed by atoms with E-state index in [4.69, 9.17) is 0 Å². The Labute approximate surface area is 88.7 Å². The minimum absolute atomic E-state index is 1.08. The van der Waals surface area contributed by atoms with Crippen LogP contribution in [0.15, 0.2) is 48.1 Å². The average molecular weight is 190 g/mol. The molecule has 0 aliphatic heterocycles. The van der Waals surface area contributed by atoms with Crippen LogP contribution in [0.4, 0.5) is 0 Å². The Balaban J connectivity index is 4.87. The van der Waals surface area contributed by atoms with Gasteiger partial charge in [-0.1, -0.05) is 57.2 Å². The summed E-state index contributed by atoms with van der Waals surface area (Å²) in [6, 6.07) is 0. The zero-order chi connectivity index (χ0) is 10.8. The Morgan fingerprint density at radius 1 is 1.21 bits per heavy atom. The highest BCUT2D eigenvalue weighted by molar-refractivity contribution is 5.40. The fourth-order valence-electron chi connectivity index (χ4n) is 1.33. The molecule has 0 fully saturated rings. The van der Waals surface area contributed by atoms with Gasteiger partial charge < -0.3 is 0 Å². The molecular formula is C14H22. The van der Waals surface area contributed by atoms with Gasteiger partial charge in [0.15, 0.2) is 0 Å². The van der Waals surface area contributed by atoms with Crippen molar-refractivity contribution in [2.45, 2.75) is 40.0 Å². The molecule has 0 rings (SSSR count). The molecule has 0 unspecified atom stereocenters. The molecule has 0 bridgehead atoms. The van der Waals surface area contributed by atoms with Crippen LogP contribution in [0.1, 0.15) is 40.0 Å². The van der Waals surface area contributed by atoms with Gasteiger partial charge in [0, 0.05) is 0 Å². The monoisotopic (exact) mass is 190 g/mol. The van der Waals surface area contributed by atoms with Gasteiger partial charge >= 0.3 is 0 Å². The highest BCUT2D eigenvalue weighted by atomic mass is 14.0. The molecule has 0 amide bonds. The van der Waals surface area contributed by atoms with Crippen molar-refractivity contribution in [1.29, 1.82) is 0 Å². The summed E-state index contributed by atoms with van der Waals surface area (Å²) in [7, 11) is 0. The van der Waals surface area contributed by atoms with Gasteiger partial charge in [-0.15, -0.1) is 0 Å². The third-order valence-corrected chi connectivity index (χ3v) is 2.02. The molecule has 0 saturated heterocycles. The molecule has 0 heterocycles. The molecule has 78 valence electrons. The first-order chi connectivity index (χ1) is 6.79. The maximum atomic E-state index is 3.87. The van der Waals surface area contributed by atoms with Crippen LogP contribution < -0.4 is 0 Å². The van der Waals surface area contributed by atoms with Crippen LogP contribution in [0, 0.1) is 0 Å². The third kappa shape index (κ3) is 4.86. The van der Waals surface area contributed by atoms with Gasteiger partial charge in [-0.2, -0.15) is 0 Å². The van der Waals surface area contributed by atoms with E-state index in [1.54, 1.807) is 0 Å². The molecule has 0 saturated carbocycles. The first-order valence-corrected chi connectivity index (χ1v) is 5.44. The normalized spacial score (nSPS) is 13.6. The molecule has 0 atom stereocenters. The van der Waals surface area contributed by atoms with Gasteiger partial charge in [0.25, 0.3) is 0 Å². The van der Waals surface area contributed by atoms with Crippen LogP contribution in [0.3, 0.4) is 0 Å². The van der Waals surface area contributed by atoms with Crippen LogP contribution in [-0.2, 0) is 0 Å². The van der Waals surface area contributed by atoms with Crippen molar-refractivity contribution in [2.24, 2.45) is 0 Å². The van der Waals surface area contributed by atoms with E-state index in [-0.39, 0.29) is 0 Å². The summed E-state index contributed by atoms with van der Waals surface area (Å²) in [5.41, 5.74) is 2.64. The zero-order valence-corrected chi connectivity index (χ0v) is 9.72. The smallest absolute Gasteiger partial charge is 0.0231 e. The van der Waals surface area contributed by atoms with Crippen LogP contribution in [0.25, 0.3) is 0 Å². The first kappa shape index (κ1) is 13.0. The van der Waals surface area contributed by atoms with Gasteiger partial charge in [0.1, 0.15) is 0 Å². The maximum absolute atomic E-state index is 3.87. The van der Waals surface area contributed by atoms with E-state index in [1.165, 1.54) is 17.6 Å². The SMILES string of the molecule is C=CC(CCC)=C(C=CC)C=CCC. The molecular weight excluding hydrogens is 168 g/mol. The molecule has 0 aromatic rings. The molecule has 0 nitrogen and oxygen atoms in total. The number of allylic oxidation sites excluding steroid dienone is 7. The van der Waals surface area contributed by atoms with E-state index in [9.17, 15) is 0 Å². The topological polar surface area (TPSA) is 0 Å². The lowest BCUT2D eigenvalue weighted by Gasteiger charge is -2.03. The standard InChI is InChI=1S/C14H22/c1-5-9-12-14(11-7-3)13(8-4)10-6-2/h7-9,11-12H,4-6,10H2,1-3H3. The summed E-state index contributed by atoms with van der Waals surface area (Å²) in [4.78, 5) is 0. The lowest BCUT2D eigenvalue weighted by Crippen LogP contribution is -1.84. The summed E-state index contributed by atoms with van der Waals surface area (Å²) < 4.78 is 0. The van der Waals surface area contributed by atoms with E-state index in [0.717, 1.165) is 12.8 Å². The number of hydrogen-bond donors (Lipinski definition) is 0. The summed E-state index contributed by atoms with van der Waals surface area (Å²) in [5, 5.41) is 0. The Kier molecular flexibility index (Phi) is 7.92. The van der Waals surface area contributed by atoms with Crippen LogP contribution in [0.2, 0.25) is 0 Å². The lowest BCUT2D eigenvalue weighted by molar-refractivity contribution is 0.921. The van der Waals surface area contributed by atoms with Crippen molar-refractivity contribution in [3.05, 3.63) is 48.1 Å². The van der Waals surface area contributed by atoms with Gasteiger partial charge in [-0.25, -0.2) is 0 Å². The second kappa shape index (κ2) is 8.55. The van der Waals surface area contributed by atoms with E-state index in [0.29, 0.717) is 0 Å². The van der Waals surface area contributed by atoms with Crippen LogP contribution in [0.5, 0.6) is 0 Å². The van der Waals surface area contributed by atoms with Crippen molar-refractivity contribution in [3.8, 4) is 0 Å². The molecule has 0 N–H and O–H groups in total. The quantitative estimate of drug-likeness (QED) is 0.527. The summed E-state index contributed by atoms with van der Waals surface area (Å²) in [6.45, 7) is 10.3. The Morgan fingerprint density at radius 2 is 1.93 bits per heavy atom. The summed E-state index contributed by atoms with van der Waals surface area (Å²) in [6.07, 6.45) is 13.9. The van der Waals surface area contributed by atoms with Gasteiger partial charge in [-0.05, 0) is 30.9 Å². The lowest BCUT2D eigenvalue weighted by atomic mass is 10.0. The van der Waals surface area contributed by atoms with E-state index in [1.807, 2.05) is 13.0 Å². The summed E-state index contributed by atoms with van der Waals surface area (Å²) in [5.74, 6) is 0. The largest absolute Gasteiger partial charge is 0.0988 e. The van der Waals surface area contributed by atoms with Gasteiger partial charge in [0.05, 0.1) is 0 Å². The first-order valence-electron chi connectivity index (χ1n) is 5.44. The second-order valence-electron chi connectivity index (χ2n) is 3.25. The Bertz CT molecular complexity index is 239. The second-order valence-corrected chi connectivity index (χ2v) is 3.25. The zero-order valence-electron chi connectivity index (χ0n) is 9.72. The van der Waals surface area contributed by atoms with Crippen molar-refractivity contribution in [1.82, 2.24) is 0 Å². The van der Waals surface area contributed by atoms with Crippen molar-refractivity contribution in [2.75, 3.05) is 0 Å². The fraction of sp³-hybridized carbons (Fsp3) is 0.429. The van der Waals surface area contributed by atoms with E-state index in [2.05, 4.69) is 44.7 Å². The molecule has 0 aliphatic carbocycles. The molecule has 0 radical (unpaired) electrons. The van der Waals surface area contributed by atoms with Gasteiger partial charge in [0.2, 0.25) is 0 Å². The molecule has 14 heavy (non-hydrogen) atoms. The maximum Gasteiger partial charge on any atom is -0.0231 e. The minimum Gasteiger partial charge on any atom is -0.0988 e. The van der Waals surface area contributed by atoms with E-state index >= 15 is 0 Å². The Hall–Kier alpha value is -1.04. The number of rotatable bonds is 6. The highest BCUT2D eigenvalue weighted by Gasteiger charge is 1.95. The molecule has 0 aliphatic rings. The average Bonchev–Trinajstić information content (AvgIpc) is 2.21. The highest BCUT2D eigenvalue weighted by Crippen LogP contribution is 2.15. The minimum atomic E-state index is 1.08. The molecule has 0 spiro atoms. The predicted molar refractivity (Wildman–Crippen MR) is 66.4 cm³/mol. The molecule has 0 heteroatoms. The van der Waals surface area contributed by atoms with Crippen molar-refractivity contribution < 1.29 is 0 Å². The van der Waals surface area contributed by atoms with Crippen LogP contribution >= 0.6 is 0 Å². The molecule has 0 aromatic heterocycles. The van der Waals surface area contributed by atoms with Crippen molar-refractivity contribution >= 4 is 0 Å². The Morgan fingerprint density at radius 3 is 2.36 bits per heavy atom. The van der Waals surface area contributed by atoms with Gasteiger partial charge in [-0.3, -0.25) is 0 Å². The molecule has 0 aromatic carbocycles. The third-order valence-electron chi connectivity index (χ3n) is 2.02. The summed E-state index contributed by atoms with van der Waals surface area (Å²) >= 11 is 0. The number of hydrogen-bond acceptors (Lipinski definition) is 0.